The number of rotatable bonds is 5. The zero-order valence-electron chi connectivity index (χ0n) is 14.7. The van der Waals surface area contributed by atoms with Crippen LogP contribution < -0.4 is 5.73 Å². The summed E-state index contributed by atoms with van der Waals surface area (Å²) in [5.74, 6) is 0. The van der Waals surface area contributed by atoms with E-state index in [0.29, 0.717) is 10.5 Å². The van der Waals surface area contributed by atoms with Gasteiger partial charge >= 0.3 is 0 Å². The SMILES string of the molecule is Cc1ccc(Sc2ccc(/C=C(/C#N)C(N)=C(C#N)C#N)cc2[N+](=O)[O-])cc1. The number of hydrogen-bond acceptors (Lipinski definition) is 7. The van der Waals surface area contributed by atoms with Crippen LogP contribution in [-0.4, -0.2) is 4.92 Å². The smallest absolute Gasteiger partial charge is 0.283 e. The van der Waals surface area contributed by atoms with E-state index in [1.54, 1.807) is 24.3 Å². The second-order valence-corrected chi connectivity index (χ2v) is 6.70. The first-order valence-corrected chi connectivity index (χ1v) is 8.66. The third kappa shape index (κ3) is 4.76. The normalized spacial score (nSPS) is 10.3. The van der Waals surface area contributed by atoms with Gasteiger partial charge in [0.1, 0.15) is 18.2 Å². The van der Waals surface area contributed by atoms with Gasteiger partial charge in [0.2, 0.25) is 0 Å². The predicted octanol–water partition coefficient (Wildman–Crippen LogP) is 4.22. The molecule has 0 heterocycles. The molecule has 0 spiro atoms. The van der Waals surface area contributed by atoms with Crippen LogP contribution in [0.5, 0.6) is 0 Å². The molecule has 0 amide bonds. The van der Waals surface area contributed by atoms with Gasteiger partial charge in [0.25, 0.3) is 5.69 Å². The highest BCUT2D eigenvalue weighted by molar-refractivity contribution is 7.99. The lowest BCUT2D eigenvalue weighted by molar-refractivity contribution is -0.387. The molecule has 0 aliphatic carbocycles. The second kappa shape index (κ2) is 9.05. The quantitative estimate of drug-likeness (QED) is 0.350. The minimum atomic E-state index is -0.505. The van der Waals surface area contributed by atoms with Crippen LogP contribution >= 0.6 is 11.8 Å². The number of nitriles is 3. The second-order valence-electron chi connectivity index (χ2n) is 5.58. The molecule has 2 aromatic carbocycles. The lowest BCUT2D eigenvalue weighted by atomic mass is 10.1. The molecule has 0 atom stereocenters. The summed E-state index contributed by atoms with van der Waals surface area (Å²) in [6.45, 7) is 1.95. The fraction of sp³-hybridized carbons (Fsp3) is 0.0500. The fourth-order valence-corrected chi connectivity index (χ4v) is 3.10. The van der Waals surface area contributed by atoms with Crippen LogP contribution in [0, 0.1) is 51.0 Å². The maximum absolute atomic E-state index is 11.5. The topological polar surface area (TPSA) is 141 Å². The Labute approximate surface area is 165 Å². The maximum atomic E-state index is 11.5. The van der Waals surface area contributed by atoms with Crippen molar-refractivity contribution in [3.63, 3.8) is 0 Å². The van der Waals surface area contributed by atoms with Crippen LogP contribution in [0.25, 0.3) is 6.08 Å². The van der Waals surface area contributed by atoms with E-state index in [0.717, 1.165) is 10.5 Å². The van der Waals surface area contributed by atoms with E-state index in [1.165, 1.54) is 23.9 Å². The number of allylic oxidation sites excluding steroid dienone is 2. The van der Waals surface area contributed by atoms with Gasteiger partial charge in [-0.05, 0) is 36.8 Å². The van der Waals surface area contributed by atoms with E-state index in [4.69, 9.17) is 16.3 Å². The van der Waals surface area contributed by atoms with E-state index in [-0.39, 0.29) is 17.0 Å². The van der Waals surface area contributed by atoms with Crippen LogP contribution in [0.3, 0.4) is 0 Å². The molecule has 0 aliphatic heterocycles. The van der Waals surface area contributed by atoms with Gasteiger partial charge in [0.15, 0.2) is 5.57 Å². The number of nitrogens with zero attached hydrogens (tertiary/aromatic N) is 4. The van der Waals surface area contributed by atoms with Crippen molar-refractivity contribution in [1.29, 1.82) is 15.8 Å². The lowest BCUT2D eigenvalue weighted by Crippen LogP contribution is -2.03. The van der Waals surface area contributed by atoms with Crippen molar-refractivity contribution in [2.45, 2.75) is 16.7 Å². The monoisotopic (exact) mass is 387 g/mol. The Hall–Kier alpha value is -4.06. The van der Waals surface area contributed by atoms with Crippen molar-refractivity contribution in [1.82, 2.24) is 0 Å². The van der Waals surface area contributed by atoms with E-state index in [2.05, 4.69) is 0 Å². The van der Waals surface area contributed by atoms with Crippen LogP contribution in [0.15, 0.2) is 69.1 Å². The summed E-state index contributed by atoms with van der Waals surface area (Å²) in [6.07, 6.45) is 1.30. The van der Waals surface area contributed by atoms with Gasteiger partial charge in [-0.15, -0.1) is 0 Å². The van der Waals surface area contributed by atoms with E-state index >= 15 is 0 Å². The third-order valence-electron chi connectivity index (χ3n) is 3.64. The molecule has 0 saturated carbocycles. The molecule has 7 nitrogen and oxygen atoms in total. The molecule has 0 unspecified atom stereocenters. The van der Waals surface area contributed by atoms with Crippen molar-refractivity contribution in [3.8, 4) is 18.2 Å². The molecular formula is C20H13N5O2S. The number of hydrogen-bond donors (Lipinski definition) is 1. The van der Waals surface area contributed by atoms with Crippen molar-refractivity contribution in [2.24, 2.45) is 5.73 Å². The van der Waals surface area contributed by atoms with Crippen LogP contribution in [0.1, 0.15) is 11.1 Å². The zero-order valence-corrected chi connectivity index (χ0v) is 15.5. The number of aryl methyl sites for hydroxylation is 1. The highest BCUT2D eigenvalue weighted by atomic mass is 32.2. The number of nitro groups is 1. The molecule has 0 bridgehead atoms. The van der Waals surface area contributed by atoms with Gasteiger partial charge in [-0.1, -0.05) is 35.5 Å². The number of benzene rings is 2. The van der Waals surface area contributed by atoms with Gasteiger partial charge in [-0.2, -0.15) is 15.8 Å². The van der Waals surface area contributed by atoms with Gasteiger partial charge in [0, 0.05) is 11.0 Å². The molecule has 0 saturated heterocycles. The average Bonchev–Trinajstić information content (AvgIpc) is 2.69. The molecule has 0 aromatic heterocycles. The van der Waals surface area contributed by atoms with Crippen LogP contribution in [0.2, 0.25) is 0 Å². The molecule has 28 heavy (non-hydrogen) atoms. The Balaban J connectivity index is 2.47. The van der Waals surface area contributed by atoms with Gasteiger partial charge in [0.05, 0.1) is 21.1 Å². The Bertz CT molecular complexity index is 1100. The third-order valence-corrected chi connectivity index (χ3v) is 4.72. The Morgan fingerprint density at radius 2 is 1.75 bits per heavy atom. The highest BCUT2D eigenvalue weighted by Gasteiger charge is 2.16. The molecule has 2 aromatic rings. The molecular weight excluding hydrogens is 374 g/mol. The van der Waals surface area contributed by atoms with Gasteiger partial charge in [-0.25, -0.2) is 0 Å². The summed E-state index contributed by atoms with van der Waals surface area (Å²) >= 11 is 1.26. The summed E-state index contributed by atoms with van der Waals surface area (Å²) in [6, 6.07) is 17.1. The fourth-order valence-electron chi connectivity index (χ4n) is 2.20. The Kier molecular flexibility index (Phi) is 6.54. The van der Waals surface area contributed by atoms with Crippen LogP contribution in [-0.2, 0) is 0 Å². The summed E-state index contributed by atoms with van der Waals surface area (Å²) < 4.78 is 0. The Morgan fingerprint density at radius 3 is 2.29 bits per heavy atom. The molecule has 0 fully saturated rings. The summed E-state index contributed by atoms with van der Waals surface area (Å²) in [4.78, 5) is 12.3. The summed E-state index contributed by atoms with van der Waals surface area (Å²) in [7, 11) is 0. The molecule has 136 valence electrons. The molecule has 2 rings (SSSR count). The van der Waals surface area contributed by atoms with Gasteiger partial charge < -0.3 is 5.73 Å². The van der Waals surface area contributed by atoms with Gasteiger partial charge in [-0.3, -0.25) is 10.1 Å². The molecule has 8 heteroatoms. The van der Waals surface area contributed by atoms with E-state index in [1.807, 2.05) is 37.3 Å². The summed E-state index contributed by atoms with van der Waals surface area (Å²) in [5.41, 5.74) is 6.22. The zero-order chi connectivity index (χ0) is 20.7. The first kappa shape index (κ1) is 20.3. The minimum absolute atomic E-state index is 0.119. The standard InChI is InChI=1S/C20H13N5O2S/c1-13-2-5-17(6-3-13)28-19-7-4-14(9-18(19)25(26)27)8-15(10-21)20(24)16(11-22)12-23/h2-9H,24H2,1H3/b15-8-. The van der Waals surface area contributed by atoms with Crippen molar-refractivity contribution in [3.05, 3.63) is 80.5 Å². The number of nitrogens with two attached hydrogens (primary N) is 1. The summed E-state index contributed by atoms with van der Waals surface area (Å²) in [5, 5.41) is 38.5. The van der Waals surface area contributed by atoms with E-state index < -0.39 is 10.5 Å². The predicted molar refractivity (Wildman–Crippen MR) is 104 cm³/mol. The first-order valence-electron chi connectivity index (χ1n) is 7.84. The average molecular weight is 387 g/mol. The molecule has 0 aliphatic rings. The van der Waals surface area contributed by atoms with Crippen molar-refractivity contribution >= 4 is 23.5 Å². The van der Waals surface area contributed by atoms with Crippen LogP contribution in [0.4, 0.5) is 5.69 Å². The minimum Gasteiger partial charge on any atom is -0.396 e. The maximum Gasteiger partial charge on any atom is 0.283 e. The molecule has 0 radical (unpaired) electrons. The molecule has 2 N–H and O–H groups in total. The first-order chi connectivity index (χ1) is 13.4. The van der Waals surface area contributed by atoms with Crippen molar-refractivity contribution in [2.75, 3.05) is 0 Å². The largest absolute Gasteiger partial charge is 0.396 e. The van der Waals surface area contributed by atoms with Crippen molar-refractivity contribution < 1.29 is 4.92 Å². The number of nitro benzene ring substituents is 1. The van der Waals surface area contributed by atoms with E-state index in [9.17, 15) is 15.4 Å². The Morgan fingerprint density at radius 1 is 1.11 bits per heavy atom. The lowest BCUT2D eigenvalue weighted by Gasteiger charge is -2.05. The highest BCUT2D eigenvalue weighted by Crippen LogP contribution is 2.36.